The van der Waals surface area contributed by atoms with Gasteiger partial charge in [0.15, 0.2) is 23.1 Å². The number of benzene rings is 2. The number of hydrogen-bond acceptors (Lipinski definition) is 9. The van der Waals surface area contributed by atoms with Crippen LogP contribution in [0.3, 0.4) is 0 Å². The Balaban J connectivity index is 1.93. The molecule has 0 amide bonds. The summed E-state index contributed by atoms with van der Waals surface area (Å²) in [7, 11) is -0.535. The monoisotopic (exact) mass is 519 g/mol. The summed E-state index contributed by atoms with van der Waals surface area (Å²) in [5.41, 5.74) is 1.80. The number of aryl methyl sites for hydroxylation is 1. The fourth-order valence-corrected chi connectivity index (χ4v) is 3.87. The van der Waals surface area contributed by atoms with Crippen LogP contribution >= 0.6 is 0 Å². The van der Waals surface area contributed by atoms with Crippen molar-refractivity contribution in [1.29, 1.82) is 0 Å². The molecule has 12 heteroatoms. The maximum Gasteiger partial charge on any atom is 0.229 e. The first-order valence-electron chi connectivity index (χ1n) is 11.0. The minimum absolute atomic E-state index is 0.0891. The highest BCUT2D eigenvalue weighted by Crippen LogP contribution is 2.41. The highest BCUT2D eigenvalue weighted by atomic mass is 32.2. The second-order valence-corrected chi connectivity index (χ2v) is 10.2. The van der Waals surface area contributed by atoms with Crippen molar-refractivity contribution in [2.45, 2.75) is 20.8 Å². The Hall–Kier alpha value is -3.80. The number of sulfonamides is 1. The fourth-order valence-electron chi connectivity index (χ4n) is 3.23. The lowest BCUT2D eigenvalue weighted by molar-refractivity contribution is 0.252. The van der Waals surface area contributed by atoms with Crippen molar-refractivity contribution in [3.8, 4) is 17.2 Å². The van der Waals surface area contributed by atoms with Crippen LogP contribution in [-0.2, 0) is 10.0 Å². The van der Waals surface area contributed by atoms with Crippen LogP contribution in [-0.4, -0.2) is 45.5 Å². The molecule has 0 saturated carbocycles. The first-order valence-corrected chi connectivity index (χ1v) is 12.9. The summed E-state index contributed by atoms with van der Waals surface area (Å²) >= 11 is 0. The Morgan fingerprint density at radius 3 is 2.44 bits per heavy atom. The highest BCUT2D eigenvalue weighted by molar-refractivity contribution is 7.92. The Labute approximate surface area is 210 Å². The molecular weight excluding hydrogens is 489 g/mol. The van der Waals surface area contributed by atoms with E-state index in [1.807, 2.05) is 13.8 Å². The van der Waals surface area contributed by atoms with Crippen molar-refractivity contribution in [1.82, 2.24) is 9.97 Å². The van der Waals surface area contributed by atoms with Gasteiger partial charge in [0.1, 0.15) is 0 Å². The largest absolute Gasteiger partial charge is 0.493 e. The maximum atomic E-state index is 14.6. The normalized spacial score (nSPS) is 11.2. The number of ether oxygens (including phenoxy) is 3. The van der Waals surface area contributed by atoms with Crippen LogP contribution in [0.2, 0.25) is 0 Å². The summed E-state index contributed by atoms with van der Waals surface area (Å²) in [5, 5.41) is 5.87. The number of para-hydroxylation sites is 1. The van der Waals surface area contributed by atoms with E-state index in [0.717, 1.165) is 12.5 Å². The van der Waals surface area contributed by atoms with E-state index in [2.05, 4.69) is 25.3 Å². The maximum absolute atomic E-state index is 14.6. The molecule has 2 aromatic carbocycles. The Morgan fingerprint density at radius 2 is 1.81 bits per heavy atom. The molecule has 36 heavy (non-hydrogen) atoms. The first kappa shape index (κ1) is 26.8. The van der Waals surface area contributed by atoms with Gasteiger partial charge in [-0.05, 0) is 24.5 Å². The van der Waals surface area contributed by atoms with Gasteiger partial charge in [-0.25, -0.2) is 17.8 Å². The van der Waals surface area contributed by atoms with Crippen molar-refractivity contribution in [3.05, 3.63) is 47.9 Å². The molecule has 0 radical (unpaired) electrons. The summed E-state index contributed by atoms with van der Waals surface area (Å²) in [4.78, 5) is 8.25. The second kappa shape index (κ2) is 11.3. The zero-order valence-electron chi connectivity index (χ0n) is 21.0. The van der Waals surface area contributed by atoms with Gasteiger partial charge in [-0.2, -0.15) is 4.98 Å². The van der Waals surface area contributed by atoms with E-state index in [0.29, 0.717) is 46.5 Å². The molecule has 3 rings (SSSR count). The standard InChI is InChI=1S/C24H30FN5O5S/c1-14(2)13-35-20-11-16(10-19(33-4)22(20)34-5)27-24-26-12-17(25)23(29-24)28-18-9-7-8-15(3)21(18)30-36(6,31)32/h7-12,14,30H,13H2,1-6H3,(H2,26,27,28,29). The van der Waals surface area contributed by atoms with Crippen LogP contribution < -0.4 is 29.6 Å². The van der Waals surface area contributed by atoms with Gasteiger partial charge in [-0.3, -0.25) is 4.72 Å². The predicted molar refractivity (Wildman–Crippen MR) is 138 cm³/mol. The van der Waals surface area contributed by atoms with Crippen molar-refractivity contribution in [2.75, 3.05) is 42.4 Å². The molecule has 10 nitrogen and oxygen atoms in total. The topological polar surface area (TPSA) is 124 Å². The molecular formula is C24H30FN5O5S. The average Bonchev–Trinajstić information content (AvgIpc) is 2.80. The van der Waals surface area contributed by atoms with Gasteiger partial charge in [-0.1, -0.05) is 26.0 Å². The molecule has 0 saturated heterocycles. The molecule has 1 aromatic heterocycles. The van der Waals surface area contributed by atoms with Gasteiger partial charge in [0.05, 0.1) is 44.7 Å². The average molecular weight is 520 g/mol. The molecule has 0 aliphatic rings. The van der Waals surface area contributed by atoms with E-state index in [-0.39, 0.29) is 17.7 Å². The minimum atomic E-state index is -3.56. The molecule has 0 aliphatic heterocycles. The molecule has 3 aromatic rings. The zero-order chi connectivity index (χ0) is 26.5. The second-order valence-electron chi connectivity index (χ2n) is 8.43. The van der Waals surface area contributed by atoms with E-state index in [9.17, 15) is 12.8 Å². The number of nitrogens with one attached hydrogen (secondary N) is 3. The van der Waals surface area contributed by atoms with Crippen LogP contribution in [0.15, 0.2) is 36.5 Å². The first-order chi connectivity index (χ1) is 17.0. The third-order valence-electron chi connectivity index (χ3n) is 4.83. The number of methoxy groups -OCH3 is 2. The number of anilines is 5. The van der Waals surface area contributed by atoms with Gasteiger partial charge in [0, 0.05) is 17.8 Å². The van der Waals surface area contributed by atoms with Gasteiger partial charge < -0.3 is 24.8 Å². The Bertz CT molecular complexity index is 1330. The zero-order valence-corrected chi connectivity index (χ0v) is 21.8. The van der Waals surface area contributed by atoms with Gasteiger partial charge >= 0.3 is 0 Å². The minimum Gasteiger partial charge on any atom is -0.493 e. The predicted octanol–water partition coefficient (Wildman–Crippen LogP) is 4.83. The van der Waals surface area contributed by atoms with Crippen LogP contribution in [0.5, 0.6) is 17.2 Å². The molecule has 194 valence electrons. The van der Waals surface area contributed by atoms with Crippen molar-refractivity contribution in [3.63, 3.8) is 0 Å². The van der Waals surface area contributed by atoms with Crippen molar-refractivity contribution >= 4 is 38.9 Å². The molecule has 0 spiro atoms. The molecule has 0 bridgehead atoms. The number of rotatable bonds is 11. The quantitative estimate of drug-likeness (QED) is 0.327. The summed E-state index contributed by atoms with van der Waals surface area (Å²) < 4.78 is 57.4. The summed E-state index contributed by atoms with van der Waals surface area (Å²) in [5.74, 6) is 0.840. The SMILES string of the molecule is COc1cc(Nc2ncc(F)c(Nc3cccc(C)c3NS(C)(=O)=O)n2)cc(OCC(C)C)c1OC. The lowest BCUT2D eigenvalue weighted by Crippen LogP contribution is -2.13. The van der Waals surface area contributed by atoms with Gasteiger partial charge in [-0.15, -0.1) is 0 Å². The summed E-state index contributed by atoms with van der Waals surface area (Å²) in [6, 6.07) is 8.44. The third kappa shape index (κ3) is 6.87. The summed E-state index contributed by atoms with van der Waals surface area (Å²) in [6.45, 7) is 6.25. The lowest BCUT2D eigenvalue weighted by Gasteiger charge is -2.17. The van der Waals surface area contributed by atoms with Gasteiger partial charge in [0.2, 0.25) is 21.7 Å². The fraction of sp³-hybridized carbons (Fsp3) is 0.333. The van der Waals surface area contributed by atoms with Crippen LogP contribution in [0.4, 0.5) is 33.2 Å². The number of hydrogen-bond donors (Lipinski definition) is 3. The molecule has 3 N–H and O–H groups in total. The van der Waals surface area contributed by atoms with E-state index >= 15 is 0 Å². The third-order valence-corrected chi connectivity index (χ3v) is 5.41. The van der Waals surface area contributed by atoms with E-state index < -0.39 is 15.8 Å². The van der Waals surface area contributed by atoms with Crippen molar-refractivity contribution < 1.29 is 27.0 Å². The molecule has 0 aliphatic carbocycles. The van der Waals surface area contributed by atoms with Crippen LogP contribution in [0.1, 0.15) is 19.4 Å². The van der Waals surface area contributed by atoms with E-state index in [4.69, 9.17) is 14.2 Å². The Kier molecular flexibility index (Phi) is 8.41. The number of nitrogens with zero attached hydrogens (tertiary/aromatic N) is 2. The molecule has 1 heterocycles. The summed E-state index contributed by atoms with van der Waals surface area (Å²) in [6.07, 6.45) is 2.05. The van der Waals surface area contributed by atoms with Crippen molar-refractivity contribution in [2.24, 2.45) is 5.92 Å². The molecule has 0 atom stereocenters. The smallest absolute Gasteiger partial charge is 0.229 e. The Morgan fingerprint density at radius 1 is 1.08 bits per heavy atom. The van der Waals surface area contributed by atoms with E-state index in [1.165, 1.54) is 14.2 Å². The van der Waals surface area contributed by atoms with Crippen LogP contribution in [0.25, 0.3) is 0 Å². The lowest BCUT2D eigenvalue weighted by atomic mass is 10.2. The number of halogens is 1. The highest BCUT2D eigenvalue weighted by Gasteiger charge is 2.17. The van der Waals surface area contributed by atoms with Crippen LogP contribution in [0, 0.1) is 18.7 Å². The molecule has 0 fully saturated rings. The van der Waals surface area contributed by atoms with Gasteiger partial charge in [0.25, 0.3) is 0 Å². The molecule has 0 unspecified atom stereocenters. The number of aromatic nitrogens is 2. The van der Waals surface area contributed by atoms with E-state index in [1.54, 1.807) is 37.3 Å².